The van der Waals surface area contributed by atoms with Gasteiger partial charge < -0.3 is 9.80 Å². The molecular weight excluding hydrogens is 484 g/mol. The van der Waals surface area contributed by atoms with Crippen molar-refractivity contribution in [1.82, 2.24) is 0 Å². The van der Waals surface area contributed by atoms with Gasteiger partial charge in [0, 0.05) is 33.8 Å². The van der Waals surface area contributed by atoms with Gasteiger partial charge in [0.1, 0.15) is 0 Å². The second-order valence-corrected chi connectivity index (χ2v) is 12.3. The van der Waals surface area contributed by atoms with Gasteiger partial charge in [-0.15, -0.1) is 0 Å². The molecule has 5 aromatic carbocycles. The van der Waals surface area contributed by atoms with Gasteiger partial charge in [-0.1, -0.05) is 84.9 Å². The van der Waals surface area contributed by atoms with Gasteiger partial charge in [0.15, 0.2) is 0 Å². The van der Waals surface area contributed by atoms with Crippen LogP contribution in [-0.2, 0) is 0 Å². The first-order valence-electron chi connectivity index (χ1n) is 14.1. The van der Waals surface area contributed by atoms with Gasteiger partial charge in [0.2, 0.25) is 0 Å². The summed E-state index contributed by atoms with van der Waals surface area (Å²) in [7, 11) is 0. The molecule has 0 radical (unpaired) electrons. The molecule has 2 heteroatoms. The molecule has 5 aromatic rings. The van der Waals surface area contributed by atoms with Crippen LogP contribution in [0.2, 0.25) is 0 Å². The molecule has 0 aliphatic heterocycles. The van der Waals surface area contributed by atoms with Crippen LogP contribution in [0.1, 0.15) is 41.5 Å². The molecule has 40 heavy (non-hydrogen) atoms. The Labute approximate surface area is 240 Å². The van der Waals surface area contributed by atoms with Crippen LogP contribution >= 0.6 is 0 Å². The van der Waals surface area contributed by atoms with E-state index in [1.54, 1.807) is 0 Å². The second-order valence-electron chi connectivity index (χ2n) is 12.3. The minimum Gasteiger partial charge on any atom is -0.336 e. The first-order chi connectivity index (χ1) is 19.1. The van der Waals surface area contributed by atoms with Crippen molar-refractivity contribution in [1.29, 1.82) is 0 Å². The average Bonchev–Trinajstić information content (AvgIpc) is 2.94. The van der Waals surface area contributed by atoms with E-state index in [2.05, 4.69) is 185 Å². The van der Waals surface area contributed by atoms with Crippen molar-refractivity contribution in [3.63, 3.8) is 0 Å². The fraction of sp³-hybridized carbons (Fsp3) is 0.211. The molecule has 0 aliphatic carbocycles. The molecule has 2 nitrogen and oxygen atoms in total. The lowest BCUT2D eigenvalue weighted by atomic mass is 9.92. The third kappa shape index (κ3) is 5.82. The first-order valence-corrected chi connectivity index (χ1v) is 14.1. The van der Waals surface area contributed by atoms with E-state index < -0.39 is 0 Å². The van der Waals surface area contributed by atoms with Crippen molar-refractivity contribution in [2.45, 2.75) is 52.6 Å². The lowest BCUT2D eigenvalue weighted by molar-refractivity contribution is 0.560. The van der Waals surface area contributed by atoms with E-state index in [1.807, 2.05) is 0 Å². The first kappa shape index (κ1) is 27.3. The standard InChI is InChI=1S/C38H40N2/c1-37(2,3)39(31-18-12-8-13-19-31)33-24-22-30(23-25-33)35-27-26-34(28-36(35)29-16-10-7-11-17-29)40(38(4,5)6)32-20-14-9-15-21-32/h7-28H,1-6H3. The van der Waals surface area contributed by atoms with Gasteiger partial charge in [-0.3, -0.25) is 0 Å². The highest BCUT2D eigenvalue weighted by Gasteiger charge is 2.25. The van der Waals surface area contributed by atoms with E-state index >= 15 is 0 Å². The SMILES string of the molecule is CC(C)(C)N(c1ccccc1)c1ccc(-c2ccc(N(c3ccccc3)C(C)(C)C)cc2-c2ccccc2)cc1. The molecule has 0 fully saturated rings. The summed E-state index contributed by atoms with van der Waals surface area (Å²) in [6.07, 6.45) is 0. The van der Waals surface area contributed by atoms with Crippen LogP contribution in [-0.4, -0.2) is 11.1 Å². The third-order valence-corrected chi connectivity index (χ3v) is 7.15. The summed E-state index contributed by atoms with van der Waals surface area (Å²) in [4.78, 5) is 4.83. The van der Waals surface area contributed by atoms with Crippen molar-refractivity contribution in [2.75, 3.05) is 9.80 Å². The van der Waals surface area contributed by atoms with E-state index in [1.165, 1.54) is 45.0 Å². The number of benzene rings is 5. The van der Waals surface area contributed by atoms with Gasteiger partial charge in [0.05, 0.1) is 0 Å². The highest BCUT2D eigenvalue weighted by Crippen LogP contribution is 2.41. The molecular formula is C38H40N2. The highest BCUT2D eigenvalue weighted by atomic mass is 15.2. The van der Waals surface area contributed by atoms with Gasteiger partial charge >= 0.3 is 0 Å². The zero-order valence-corrected chi connectivity index (χ0v) is 24.6. The summed E-state index contributed by atoms with van der Waals surface area (Å²) in [6.45, 7) is 13.6. The quantitative estimate of drug-likeness (QED) is 0.218. The molecule has 0 amide bonds. The van der Waals surface area contributed by atoms with Crippen LogP contribution in [0.5, 0.6) is 0 Å². The summed E-state index contributed by atoms with van der Waals surface area (Å²) in [5.74, 6) is 0. The maximum Gasteiger partial charge on any atom is 0.0422 e. The topological polar surface area (TPSA) is 6.48 Å². The molecule has 0 aromatic heterocycles. The molecule has 0 spiro atoms. The van der Waals surface area contributed by atoms with Crippen molar-refractivity contribution in [2.24, 2.45) is 0 Å². The van der Waals surface area contributed by atoms with Gasteiger partial charge in [-0.2, -0.15) is 0 Å². The normalized spacial score (nSPS) is 11.8. The van der Waals surface area contributed by atoms with Crippen LogP contribution in [0, 0.1) is 0 Å². The number of hydrogen-bond donors (Lipinski definition) is 0. The summed E-state index contributed by atoms with van der Waals surface area (Å²) in [6, 6.07) is 48.0. The lowest BCUT2D eigenvalue weighted by Crippen LogP contribution is -2.37. The lowest BCUT2D eigenvalue weighted by Gasteiger charge is -2.38. The fourth-order valence-electron chi connectivity index (χ4n) is 5.57. The van der Waals surface area contributed by atoms with E-state index in [9.17, 15) is 0 Å². The monoisotopic (exact) mass is 524 g/mol. The summed E-state index contributed by atoms with van der Waals surface area (Å²) in [5.41, 5.74) is 9.47. The summed E-state index contributed by atoms with van der Waals surface area (Å²) < 4.78 is 0. The molecule has 0 aliphatic rings. The van der Waals surface area contributed by atoms with Crippen LogP contribution < -0.4 is 9.80 Å². The Kier molecular flexibility index (Phi) is 7.54. The molecule has 0 bridgehead atoms. The van der Waals surface area contributed by atoms with Crippen LogP contribution in [0.15, 0.2) is 133 Å². The molecule has 0 atom stereocenters. The Morgan fingerprint density at radius 2 is 0.725 bits per heavy atom. The molecule has 202 valence electrons. The van der Waals surface area contributed by atoms with Crippen molar-refractivity contribution in [3.8, 4) is 22.3 Å². The zero-order chi connectivity index (χ0) is 28.3. The molecule has 0 heterocycles. The minimum atomic E-state index is -0.0909. The molecule has 0 N–H and O–H groups in total. The predicted molar refractivity (Wildman–Crippen MR) is 174 cm³/mol. The Morgan fingerprint density at radius 3 is 1.20 bits per heavy atom. The smallest absolute Gasteiger partial charge is 0.0422 e. The largest absolute Gasteiger partial charge is 0.336 e. The van der Waals surface area contributed by atoms with E-state index in [-0.39, 0.29) is 11.1 Å². The van der Waals surface area contributed by atoms with Crippen molar-refractivity contribution < 1.29 is 0 Å². The predicted octanol–water partition coefficient (Wildman–Crippen LogP) is 10.9. The van der Waals surface area contributed by atoms with Crippen molar-refractivity contribution in [3.05, 3.63) is 133 Å². The maximum absolute atomic E-state index is 2.42. The zero-order valence-electron chi connectivity index (χ0n) is 24.6. The van der Waals surface area contributed by atoms with Crippen molar-refractivity contribution >= 4 is 22.7 Å². The Morgan fingerprint density at radius 1 is 0.350 bits per heavy atom. The summed E-state index contributed by atoms with van der Waals surface area (Å²) in [5, 5.41) is 0. The maximum atomic E-state index is 2.42. The van der Waals surface area contributed by atoms with Gasteiger partial charge in [0.25, 0.3) is 0 Å². The number of hydrogen-bond acceptors (Lipinski definition) is 2. The highest BCUT2D eigenvalue weighted by molar-refractivity contribution is 5.87. The number of nitrogens with zero attached hydrogens (tertiary/aromatic N) is 2. The van der Waals surface area contributed by atoms with Gasteiger partial charge in [-0.25, -0.2) is 0 Å². The van der Waals surface area contributed by atoms with Gasteiger partial charge in [-0.05, 0) is 112 Å². The average molecular weight is 525 g/mol. The molecule has 0 saturated carbocycles. The fourth-order valence-corrected chi connectivity index (χ4v) is 5.57. The molecule has 0 unspecified atom stereocenters. The van der Waals surface area contributed by atoms with E-state index in [4.69, 9.17) is 0 Å². The Balaban J connectivity index is 1.61. The van der Waals surface area contributed by atoms with Crippen LogP contribution in [0.25, 0.3) is 22.3 Å². The number of rotatable bonds is 6. The molecule has 5 rings (SSSR count). The number of anilines is 4. The van der Waals surface area contributed by atoms with E-state index in [0.29, 0.717) is 0 Å². The van der Waals surface area contributed by atoms with Crippen LogP contribution in [0.4, 0.5) is 22.7 Å². The Bertz CT molecular complexity index is 1530. The Hall–Kier alpha value is -4.30. The van der Waals surface area contributed by atoms with Crippen LogP contribution in [0.3, 0.4) is 0 Å². The second kappa shape index (κ2) is 11.1. The summed E-state index contributed by atoms with van der Waals surface area (Å²) >= 11 is 0. The third-order valence-electron chi connectivity index (χ3n) is 7.15. The molecule has 0 saturated heterocycles. The minimum absolute atomic E-state index is 0.0619. The number of para-hydroxylation sites is 2. The van der Waals surface area contributed by atoms with E-state index in [0.717, 1.165) is 0 Å².